The van der Waals surface area contributed by atoms with Crippen molar-refractivity contribution >= 4 is 16.8 Å². The summed E-state index contributed by atoms with van der Waals surface area (Å²) in [7, 11) is 0. The predicted molar refractivity (Wildman–Crippen MR) is 91.6 cm³/mol. The molecule has 0 unspecified atom stereocenters. The summed E-state index contributed by atoms with van der Waals surface area (Å²) >= 11 is 0. The van der Waals surface area contributed by atoms with Gasteiger partial charge in [0, 0.05) is 24.8 Å². The Morgan fingerprint density at radius 3 is 2.87 bits per heavy atom. The molecule has 2 aromatic carbocycles. The van der Waals surface area contributed by atoms with E-state index in [4.69, 9.17) is 4.74 Å². The van der Waals surface area contributed by atoms with Crippen LogP contribution >= 0.6 is 0 Å². The molecule has 0 aliphatic heterocycles. The van der Waals surface area contributed by atoms with E-state index in [1.54, 1.807) is 0 Å². The van der Waals surface area contributed by atoms with E-state index in [0.29, 0.717) is 6.54 Å². The fraction of sp³-hybridized carbons (Fsp3) is 0.211. The monoisotopic (exact) mass is 308 g/mol. The second kappa shape index (κ2) is 7.01. The number of rotatable bonds is 6. The van der Waals surface area contributed by atoms with Crippen LogP contribution in [0.15, 0.2) is 60.8 Å². The highest BCUT2D eigenvalue weighted by Crippen LogP contribution is 2.14. The maximum atomic E-state index is 11.8. The SMILES string of the molecule is Cc1cccc(OCC(=O)NCCn2ccc3ccccc32)c1. The lowest BCUT2D eigenvalue weighted by Crippen LogP contribution is -2.31. The third kappa shape index (κ3) is 3.92. The average molecular weight is 308 g/mol. The number of nitrogens with zero attached hydrogens (tertiary/aromatic N) is 1. The van der Waals surface area contributed by atoms with Crippen LogP contribution in [-0.4, -0.2) is 23.6 Å². The van der Waals surface area contributed by atoms with E-state index in [2.05, 4.69) is 28.1 Å². The Morgan fingerprint density at radius 1 is 1.13 bits per heavy atom. The van der Waals surface area contributed by atoms with Crippen molar-refractivity contribution in [1.82, 2.24) is 9.88 Å². The highest BCUT2D eigenvalue weighted by molar-refractivity contribution is 5.80. The minimum atomic E-state index is -0.108. The van der Waals surface area contributed by atoms with Crippen LogP contribution in [0.2, 0.25) is 0 Å². The van der Waals surface area contributed by atoms with E-state index in [0.717, 1.165) is 17.9 Å². The van der Waals surface area contributed by atoms with E-state index in [1.165, 1.54) is 10.9 Å². The lowest BCUT2D eigenvalue weighted by atomic mass is 10.2. The van der Waals surface area contributed by atoms with Gasteiger partial charge in [-0.1, -0.05) is 30.3 Å². The maximum absolute atomic E-state index is 11.8. The normalized spacial score (nSPS) is 10.7. The van der Waals surface area contributed by atoms with Crippen LogP contribution in [0, 0.1) is 6.92 Å². The molecule has 0 spiro atoms. The second-order valence-electron chi connectivity index (χ2n) is 5.52. The number of benzene rings is 2. The number of hydrogen-bond acceptors (Lipinski definition) is 2. The molecule has 23 heavy (non-hydrogen) atoms. The van der Waals surface area contributed by atoms with Gasteiger partial charge in [0.2, 0.25) is 0 Å². The van der Waals surface area contributed by atoms with Gasteiger partial charge in [-0.15, -0.1) is 0 Å². The van der Waals surface area contributed by atoms with Gasteiger partial charge in [0.1, 0.15) is 5.75 Å². The topological polar surface area (TPSA) is 43.3 Å². The molecule has 4 heteroatoms. The zero-order valence-corrected chi connectivity index (χ0v) is 13.2. The third-order valence-corrected chi connectivity index (χ3v) is 3.71. The lowest BCUT2D eigenvalue weighted by molar-refractivity contribution is -0.123. The number of ether oxygens (including phenoxy) is 1. The quantitative estimate of drug-likeness (QED) is 0.760. The molecule has 0 saturated heterocycles. The molecule has 1 aromatic heterocycles. The first kappa shape index (κ1) is 15.2. The van der Waals surface area contributed by atoms with Crippen molar-refractivity contribution in [3.8, 4) is 5.75 Å². The van der Waals surface area contributed by atoms with Crippen molar-refractivity contribution in [2.45, 2.75) is 13.5 Å². The number of hydrogen-bond donors (Lipinski definition) is 1. The van der Waals surface area contributed by atoms with Gasteiger partial charge in [0.15, 0.2) is 6.61 Å². The third-order valence-electron chi connectivity index (χ3n) is 3.71. The Hall–Kier alpha value is -2.75. The highest BCUT2D eigenvalue weighted by atomic mass is 16.5. The first-order valence-corrected chi connectivity index (χ1v) is 7.72. The average Bonchev–Trinajstić information content (AvgIpc) is 2.97. The summed E-state index contributed by atoms with van der Waals surface area (Å²) in [4.78, 5) is 11.8. The molecular formula is C19H20N2O2. The fourth-order valence-electron chi connectivity index (χ4n) is 2.56. The standard InChI is InChI=1S/C19H20N2O2/c1-15-5-4-7-17(13-15)23-14-19(22)20-10-12-21-11-9-16-6-2-3-8-18(16)21/h2-9,11,13H,10,12,14H2,1H3,(H,20,22). The molecule has 0 radical (unpaired) electrons. The molecule has 0 saturated carbocycles. The summed E-state index contributed by atoms with van der Waals surface area (Å²) in [6.07, 6.45) is 2.04. The molecule has 1 N–H and O–H groups in total. The molecule has 1 heterocycles. The number of nitrogens with one attached hydrogen (secondary N) is 1. The Bertz CT molecular complexity index is 808. The molecule has 0 atom stereocenters. The molecule has 0 aliphatic rings. The number of carbonyl (C=O) groups is 1. The molecule has 0 aliphatic carbocycles. The molecule has 3 rings (SSSR count). The summed E-state index contributed by atoms with van der Waals surface area (Å²) < 4.78 is 7.62. The van der Waals surface area contributed by atoms with Crippen LogP contribution in [0.3, 0.4) is 0 Å². The van der Waals surface area contributed by atoms with Gasteiger partial charge >= 0.3 is 0 Å². The summed E-state index contributed by atoms with van der Waals surface area (Å²) in [5, 5.41) is 4.10. The molecule has 3 aromatic rings. The van der Waals surface area contributed by atoms with E-state index in [1.807, 2.05) is 49.5 Å². The van der Waals surface area contributed by atoms with Crippen LogP contribution in [0.1, 0.15) is 5.56 Å². The summed E-state index contributed by atoms with van der Waals surface area (Å²) in [6, 6.07) is 18.0. The molecule has 1 amide bonds. The zero-order chi connectivity index (χ0) is 16.1. The highest BCUT2D eigenvalue weighted by Gasteiger charge is 2.04. The number of aryl methyl sites for hydroxylation is 1. The van der Waals surface area contributed by atoms with Crippen LogP contribution in [0.25, 0.3) is 10.9 Å². The van der Waals surface area contributed by atoms with Crippen molar-refractivity contribution < 1.29 is 9.53 Å². The molecule has 0 bridgehead atoms. The van der Waals surface area contributed by atoms with E-state index < -0.39 is 0 Å². The smallest absolute Gasteiger partial charge is 0.258 e. The molecule has 4 nitrogen and oxygen atoms in total. The first-order valence-electron chi connectivity index (χ1n) is 7.72. The van der Waals surface area contributed by atoms with E-state index in [9.17, 15) is 4.79 Å². The molecule has 0 fully saturated rings. The van der Waals surface area contributed by atoms with Crippen molar-refractivity contribution in [3.63, 3.8) is 0 Å². The minimum Gasteiger partial charge on any atom is -0.484 e. The predicted octanol–water partition coefficient (Wildman–Crippen LogP) is 3.14. The van der Waals surface area contributed by atoms with Crippen molar-refractivity contribution in [3.05, 3.63) is 66.4 Å². The number of para-hydroxylation sites is 1. The van der Waals surface area contributed by atoms with Crippen molar-refractivity contribution in [2.75, 3.05) is 13.2 Å². The number of aromatic nitrogens is 1. The Balaban J connectivity index is 1.46. The van der Waals surface area contributed by atoms with Gasteiger partial charge in [-0.25, -0.2) is 0 Å². The van der Waals surface area contributed by atoms with E-state index in [-0.39, 0.29) is 12.5 Å². The minimum absolute atomic E-state index is 0.0376. The van der Waals surface area contributed by atoms with Gasteiger partial charge in [-0.05, 0) is 42.1 Å². The van der Waals surface area contributed by atoms with Crippen LogP contribution in [-0.2, 0) is 11.3 Å². The number of fused-ring (bicyclic) bond motifs is 1. The summed E-state index contributed by atoms with van der Waals surface area (Å²) in [5.41, 5.74) is 2.29. The van der Waals surface area contributed by atoms with Gasteiger partial charge < -0.3 is 14.6 Å². The fourth-order valence-corrected chi connectivity index (χ4v) is 2.56. The largest absolute Gasteiger partial charge is 0.484 e. The van der Waals surface area contributed by atoms with Crippen LogP contribution in [0.5, 0.6) is 5.75 Å². The van der Waals surface area contributed by atoms with E-state index >= 15 is 0 Å². The summed E-state index contributed by atoms with van der Waals surface area (Å²) in [5.74, 6) is 0.611. The second-order valence-corrected chi connectivity index (χ2v) is 5.52. The molecular weight excluding hydrogens is 288 g/mol. The Morgan fingerprint density at radius 2 is 2.00 bits per heavy atom. The number of carbonyl (C=O) groups excluding carboxylic acids is 1. The van der Waals surface area contributed by atoms with Crippen molar-refractivity contribution in [1.29, 1.82) is 0 Å². The van der Waals surface area contributed by atoms with Gasteiger partial charge in [0.25, 0.3) is 5.91 Å². The maximum Gasteiger partial charge on any atom is 0.258 e. The van der Waals surface area contributed by atoms with Crippen LogP contribution in [0.4, 0.5) is 0 Å². The Labute approximate surface area is 135 Å². The van der Waals surface area contributed by atoms with Gasteiger partial charge in [0.05, 0.1) is 0 Å². The van der Waals surface area contributed by atoms with Gasteiger partial charge in [-0.3, -0.25) is 4.79 Å². The lowest BCUT2D eigenvalue weighted by Gasteiger charge is -2.09. The number of amides is 1. The van der Waals surface area contributed by atoms with Gasteiger partial charge in [-0.2, -0.15) is 0 Å². The first-order chi connectivity index (χ1) is 11.2. The Kier molecular flexibility index (Phi) is 4.62. The molecule has 118 valence electrons. The van der Waals surface area contributed by atoms with Crippen LogP contribution < -0.4 is 10.1 Å². The van der Waals surface area contributed by atoms with Crippen molar-refractivity contribution in [2.24, 2.45) is 0 Å². The zero-order valence-electron chi connectivity index (χ0n) is 13.2. The summed E-state index contributed by atoms with van der Waals surface area (Å²) in [6.45, 7) is 3.35.